The zero-order valence-electron chi connectivity index (χ0n) is 8.14. The van der Waals surface area contributed by atoms with Crippen LogP contribution in [0, 0.1) is 0 Å². The second kappa shape index (κ2) is 4.45. The molecule has 1 aliphatic carbocycles. The van der Waals surface area contributed by atoms with E-state index in [0.717, 1.165) is 5.56 Å². The predicted molar refractivity (Wildman–Crippen MR) is 57.0 cm³/mol. The quantitative estimate of drug-likeness (QED) is 0.550. The molecule has 0 atom stereocenters. The van der Waals surface area contributed by atoms with Gasteiger partial charge in [-0.3, -0.25) is 0 Å². The highest BCUT2D eigenvalue weighted by Crippen LogP contribution is 2.07. The van der Waals surface area contributed by atoms with Crippen molar-refractivity contribution >= 4 is 5.97 Å². The molecule has 1 aromatic carbocycles. The molecule has 0 aliphatic heterocycles. The SMILES string of the molecule is O=C(OCc1ccccc1)C1=C=CC=C1. The fourth-order valence-corrected chi connectivity index (χ4v) is 1.26. The number of hydrogen-bond donors (Lipinski definition) is 0. The molecule has 0 amide bonds. The molecule has 0 aromatic heterocycles. The van der Waals surface area contributed by atoms with Crippen molar-refractivity contribution in [3.05, 3.63) is 65.4 Å². The van der Waals surface area contributed by atoms with E-state index in [0.29, 0.717) is 12.2 Å². The van der Waals surface area contributed by atoms with Gasteiger partial charge in [-0.1, -0.05) is 36.4 Å². The van der Waals surface area contributed by atoms with Crippen LogP contribution in [0.3, 0.4) is 0 Å². The molecule has 2 heteroatoms. The minimum Gasteiger partial charge on any atom is -0.457 e. The molecule has 0 N–H and O–H groups in total. The van der Waals surface area contributed by atoms with Crippen LogP contribution < -0.4 is 0 Å². The van der Waals surface area contributed by atoms with E-state index in [1.807, 2.05) is 30.3 Å². The summed E-state index contributed by atoms with van der Waals surface area (Å²) >= 11 is 0. The maximum absolute atomic E-state index is 11.4. The number of carbonyl (C=O) groups is 1. The second-order valence-electron chi connectivity index (χ2n) is 3.15. The van der Waals surface area contributed by atoms with Crippen LogP contribution in [-0.2, 0) is 16.1 Å². The molecule has 0 radical (unpaired) electrons. The van der Waals surface area contributed by atoms with E-state index in [-0.39, 0.29) is 5.97 Å². The van der Waals surface area contributed by atoms with Crippen molar-refractivity contribution in [3.63, 3.8) is 0 Å². The van der Waals surface area contributed by atoms with E-state index in [4.69, 9.17) is 4.74 Å². The number of hydrogen-bond acceptors (Lipinski definition) is 2. The van der Waals surface area contributed by atoms with Gasteiger partial charge < -0.3 is 4.74 Å². The Balaban J connectivity index is 1.92. The molecule has 0 heterocycles. The van der Waals surface area contributed by atoms with E-state index >= 15 is 0 Å². The van der Waals surface area contributed by atoms with E-state index in [1.165, 1.54) is 0 Å². The van der Waals surface area contributed by atoms with Crippen LogP contribution in [0.15, 0.2) is 59.9 Å². The predicted octanol–water partition coefficient (Wildman–Crippen LogP) is 2.38. The average molecular weight is 198 g/mol. The maximum atomic E-state index is 11.4. The highest BCUT2D eigenvalue weighted by Gasteiger charge is 2.08. The first-order chi connectivity index (χ1) is 7.36. The normalized spacial score (nSPS) is 12.7. The lowest BCUT2D eigenvalue weighted by Gasteiger charge is -2.03. The van der Waals surface area contributed by atoms with Crippen molar-refractivity contribution in [2.45, 2.75) is 6.61 Å². The van der Waals surface area contributed by atoms with Crippen LogP contribution in [0.2, 0.25) is 0 Å². The van der Waals surface area contributed by atoms with E-state index in [9.17, 15) is 4.79 Å². The fourth-order valence-electron chi connectivity index (χ4n) is 1.26. The molecule has 2 nitrogen and oxygen atoms in total. The van der Waals surface area contributed by atoms with Crippen LogP contribution in [0.1, 0.15) is 5.56 Å². The minimum atomic E-state index is -0.330. The number of allylic oxidation sites excluding steroid dienone is 1. The molecule has 74 valence electrons. The van der Waals surface area contributed by atoms with E-state index in [2.05, 4.69) is 5.73 Å². The van der Waals surface area contributed by atoms with Crippen LogP contribution in [0.25, 0.3) is 0 Å². The summed E-state index contributed by atoms with van der Waals surface area (Å²) in [4.78, 5) is 11.4. The summed E-state index contributed by atoms with van der Waals surface area (Å²) in [5.41, 5.74) is 4.26. The molecule has 0 saturated carbocycles. The van der Waals surface area contributed by atoms with Gasteiger partial charge in [-0.15, -0.1) is 5.73 Å². The monoisotopic (exact) mass is 198 g/mol. The van der Waals surface area contributed by atoms with Gasteiger partial charge in [0.25, 0.3) is 0 Å². The summed E-state index contributed by atoms with van der Waals surface area (Å²) in [6.45, 7) is 0.304. The first kappa shape index (κ1) is 9.50. The van der Waals surface area contributed by atoms with E-state index < -0.39 is 0 Å². The van der Waals surface area contributed by atoms with Crippen LogP contribution >= 0.6 is 0 Å². The summed E-state index contributed by atoms with van der Waals surface area (Å²) in [5, 5.41) is 0. The summed E-state index contributed by atoms with van der Waals surface area (Å²) in [7, 11) is 0. The van der Waals surface area contributed by atoms with Crippen LogP contribution in [-0.4, -0.2) is 5.97 Å². The third-order valence-corrected chi connectivity index (χ3v) is 2.03. The van der Waals surface area contributed by atoms with Gasteiger partial charge in [0.2, 0.25) is 0 Å². The highest BCUT2D eigenvalue weighted by atomic mass is 16.5. The summed E-state index contributed by atoms with van der Waals surface area (Å²) in [5.74, 6) is -0.330. The summed E-state index contributed by atoms with van der Waals surface area (Å²) in [6.07, 6.45) is 5.14. The highest BCUT2D eigenvalue weighted by molar-refractivity contribution is 5.92. The molecule has 1 aromatic rings. The lowest BCUT2D eigenvalue weighted by molar-refractivity contribution is -0.139. The Hall–Kier alpha value is -2.05. The van der Waals surface area contributed by atoms with Crippen molar-refractivity contribution in [2.24, 2.45) is 0 Å². The third-order valence-electron chi connectivity index (χ3n) is 2.03. The molecule has 2 rings (SSSR count). The van der Waals surface area contributed by atoms with Gasteiger partial charge in [-0.2, -0.15) is 0 Å². The molecular weight excluding hydrogens is 188 g/mol. The van der Waals surface area contributed by atoms with Gasteiger partial charge in [0.15, 0.2) is 0 Å². The van der Waals surface area contributed by atoms with Gasteiger partial charge in [-0.05, 0) is 17.7 Å². The number of ether oxygens (including phenoxy) is 1. The van der Waals surface area contributed by atoms with Crippen molar-refractivity contribution in [1.82, 2.24) is 0 Å². The molecule has 15 heavy (non-hydrogen) atoms. The third kappa shape index (κ3) is 2.46. The number of carbonyl (C=O) groups excluding carboxylic acids is 1. The molecule has 0 unspecified atom stereocenters. The van der Waals surface area contributed by atoms with E-state index in [1.54, 1.807) is 18.2 Å². The van der Waals surface area contributed by atoms with Gasteiger partial charge >= 0.3 is 5.97 Å². The Morgan fingerprint density at radius 2 is 2.07 bits per heavy atom. The maximum Gasteiger partial charge on any atom is 0.346 e. The molecular formula is C13H10O2. The molecule has 0 fully saturated rings. The zero-order chi connectivity index (χ0) is 10.5. The van der Waals surface area contributed by atoms with Crippen molar-refractivity contribution in [1.29, 1.82) is 0 Å². The van der Waals surface area contributed by atoms with Crippen molar-refractivity contribution < 1.29 is 9.53 Å². The molecule has 0 saturated heterocycles. The summed E-state index contributed by atoms with van der Waals surface area (Å²) in [6, 6.07) is 9.59. The lowest BCUT2D eigenvalue weighted by atomic mass is 10.2. The number of benzene rings is 1. The molecule has 1 aliphatic rings. The molecule has 0 spiro atoms. The fraction of sp³-hybridized carbons (Fsp3) is 0.0769. The first-order valence-electron chi connectivity index (χ1n) is 4.71. The van der Waals surface area contributed by atoms with Gasteiger partial charge in [0, 0.05) is 0 Å². The van der Waals surface area contributed by atoms with Crippen LogP contribution in [0.4, 0.5) is 0 Å². The Bertz CT molecular complexity index is 449. The van der Waals surface area contributed by atoms with Crippen LogP contribution in [0.5, 0.6) is 0 Å². The van der Waals surface area contributed by atoms with Gasteiger partial charge in [0.05, 0.1) is 0 Å². The Labute approximate surface area is 88.2 Å². The first-order valence-corrected chi connectivity index (χ1v) is 4.71. The smallest absolute Gasteiger partial charge is 0.346 e. The summed E-state index contributed by atoms with van der Waals surface area (Å²) < 4.78 is 5.10. The lowest BCUT2D eigenvalue weighted by Crippen LogP contribution is -2.05. The zero-order valence-corrected chi connectivity index (χ0v) is 8.14. The minimum absolute atomic E-state index is 0.304. The number of esters is 1. The average Bonchev–Trinajstić information content (AvgIpc) is 2.81. The van der Waals surface area contributed by atoms with Crippen molar-refractivity contribution in [3.8, 4) is 0 Å². The van der Waals surface area contributed by atoms with Gasteiger partial charge in [0.1, 0.15) is 12.2 Å². The Kier molecular flexibility index (Phi) is 2.82. The Morgan fingerprint density at radius 3 is 2.73 bits per heavy atom. The topological polar surface area (TPSA) is 26.3 Å². The van der Waals surface area contributed by atoms with Gasteiger partial charge in [-0.25, -0.2) is 4.79 Å². The largest absolute Gasteiger partial charge is 0.457 e. The Morgan fingerprint density at radius 1 is 1.27 bits per heavy atom. The van der Waals surface area contributed by atoms with Crippen molar-refractivity contribution in [2.75, 3.05) is 0 Å². The number of rotatable bonds is 3. The second-order valence-corrected chi connectivity index (χ2v) is 3.15. The standard InChI is InChI=1S/C13H10O2/c14-13(12-8-4-5-9-12)15-10-11-6-2-1-3-7-11/h1-8H,10H2. The molecule has 0 bridgehead atoms.